The SMILES string of the molecule is CCCCc1nc2c(CC)cccn2c1C(=O)O. The first-order valence-corrected chi connectivity index (χ1v) is 6.41. The fourth-order valence-corrected chi connectivity index (χ4v) is 2.19. The quantitative estimate of drug-likeness (QED) is 0.882. The Kier molecular flexibility index (Phi) is 3.65. The molecule has 18 heavy (non-hydrogen) atoms. The molecule has 0 aliphatic carbocycles. The van der Waals surface area contributed by atoms with Crippen molar-refractivity contribution in [1.29, 1.82) is 0 Å². The first-order chi connectivity index (χ1) is 8.69. The summed E-state index contributed by atoms with van der Waals surface area (Å²) in [6, 6.07) is 3.88. The van der Waals surface area contributed by atoms with Crippen molar-refractivity contribution in [2.45, 2.75) is 39.5 Å². The molecule has 0 aliphatic rings. The summed E-state index contributed by atoms with van der Waals surface area (Å²) in [6.07, 6.45) is 5.36. The van der Waals surface area contributed by atoms with Gasteiger partial charge in [0.15, 0.2) is 5.69 Å². The normalized spacial score (nSPS) is 11.0. The number of hydrogen-bond acceptors (Lipinski definition) is 2. The minimum absolute atomic E-state index is 0.314. The van der Waals surface area contributed by atoms with E-state index in [-0.39, 0.29) is 0 Å². The molecule has 0 atom stereocenters. The van der Waals surface area contributed by atoms with E-state index in [4.69, 9.17) is 0 Å². The molecule has 0 bridgehead atoms. The van der Waals surface area contributed by atoms with Crippen molar-refractivity contribution in [2.75, 3.05) is 0 Å². The maximum Gasteiger partial charge on any atom is 0.354 e. The van der Waals surface area contributed by atoms with Crippen molar-refractivity contribution in [1.82, 2.24) is 9.38 Å². The van der Waals surface area contributed by atoms with Gasteiger partial charge in [0.25, 0.3) is 0 Å². The molecule has 0 radical (unpaired) electrons. The summed E-state index contributed by atoms with van der Waals surface area (Å²) in [5, 5.41) is 9.35. The number of hydrogen-bond donors (Lipinski definition) is 1. The van der Waals surface area contributed by atoms with Gasteiger partial charge in [-0.15, -0.1) is 0 Å². The number of imidazole rings is 1. The maximum absolute atomic E-state index is 11.4. The highest BCUT2D eigenvalue weighted by atomic mass is 16.4. The van der Waals surface area contributed by atoms with E-state index >= 15 is 0 Å². The average Bonchev–Trinajstić information content (AvgIpc) is 2.74. The number of carboxylic acids is 1. The molecule has 2 rings (SSSR count). The maximum atomic E-state index is 11.4. The van der Waals surface area contributed by atoms with E-state index < -0.39 is 5.97 Å². The number of pyridine rings is 1. The number of rotatable bonds is 5. The van der Waals surface area contributed by atoms with E-state index in [1.165, 1.54) is 0 Å². The minimum atomic E-state index is -0.901. The van der Waals surface area contributed by atoms with E-state index in [2.05, 4.69) is 18.8 Å². The van der Waals surface area contributed by atoms with Crippen molar-refractivity contribution >= 4 is 11.6 Å². The van der Waals surface area contributed by atoms with Crippen LogP contribution in [0.25, 0.3) is 5.65 Å². The Bertz CT molecular complexity index is 572. The van der Waals surface area contributed by atoms with Gasteiger partial charge in [-0.2, -0.15) is 0 Å². The van der Waals surface area contributed by atoms with Gasteiger partial charge in [-0.25, -0.2) is 9.78 Å². The molecule has 4 nitrogen and oxygen atoms in total. The van der Waals surface area contributed by atoms with Crippen molar-refractivity contribution in [3.63, 3.8) is 0 Å². The number of unbranched alkanes of at least 4 members (excludes halogenated alkanes) is 1. The Morgan fingerprint density at radius 2 is 2.22 bits per heavy atom. The van der Waals surface area contributed by atoms with Crippen molar-refractivity contribution in [3.8, 4) is 0 Å². The van der Waals surface area contributed by atoms with E-state index in [1.807, 2.05) is 12.1 Å². The Morgan fingerprint density at radius 3 is 2.83 bits per heavy atom. The monoisotopic (exact) mass is 246 g/mol. The molecule has 2 heterocycles. The molecule has 0 amide bonds. The van der Waals surface area contributed by atoms with Crippen LogP contribution in [0.2, 0.25) is 0 Å². The van der Waals surface area contributed by atoms with Gasteiger partial charge in [0, 0.05) is 6.20 Å². The van der Waals surface area contributed by atoms with Gasteiger partial charge >= 0.3 is 5.97 Å². The van der Waals surface area contributed by atoms with E-state index in [1.54, 1.807) is 10.6 Å². The van der Waals surface area contributed by atoms with Crippen LogP contribution in [0.4, 0.5) is 0 Å². The molecule has 1 N–H and O–H groups in total. The van der Waals surface area contributed by atoms with Crippen LogP contribution in [0.1, 0.15) is 48.4 Å². The second-order valence-corrected chi connectivity index (χ2v) is 4.40. The summed E-state index contributed by atoms with van der Waals surface area (Å²) in [4.78, 5) is 15.9. The molecule has 2 aromatic heterocycles. The standard InChI is InChI=1S/C14H18N2O2/c1-3-5-8-11-12(14(17)18)16-9-6-7-10(4-2)13(16)15-11/h6-7,9H,3-5,8H2,1-2H3,(H,17,18). The summed E-state index contributed by atoms with van der Waals surface area (Å²) in [5.74, 6) is -0.901. The molecule has 0 aromatic carbocycles. The number of nitrogens with zero attached hydrogens (tertiary/aromatic N) is 2. The fourth-order valence-electron chi connectivity index (χ4n) is 2.19. The predicted octanol–water partition coefficient (Wildman–Crippen LogP) is 2.94. The Morgan fingerprint density at radius 1 is 1.44 bits per heavy atom. The molecule has 0 aliphatic heterocycles. The molecular formula is C14H18N2O2. The lowest BCUT2D eigenvalue weighted by molar-refractivity contribution is 0.0688. The van der Waals surface area contributed by atoms with Crippen LogP contribution >= 0.6 is 0 Å². The summed E-state index contributed by atoms with van der Waals surface area (Å²) in [5.41, 5.74) is 2.88. The van der Waals surface area contributed by atoms with E-state index in [9.17, 15) is 9.90 Å². The molecule has 96 valence electrons. The smallest absolute Gasteiger partial charge is 0.354 e. The summed E-state index contributed by atoms with van der Waals surface area (Å²) >= 11 is 0. The van der Waals surface area contributed by atoms with Crippen LogP contribution in [-0.4, -0.2) is 20.5 Å². The molecule has 0 spiro atoms. The van der Waals surface area contributed by atoms with Crippen molar-refractivity contribution < 1.29 is 9.90 Å². The van der Waals surface area contributed by atoms with E-state index in [0.717, 1.165) is 36.9 Å². The van der Waals surface area contributed by atoms with Gasteiger partial charge < -0.3 is 5.11 Å². The fraction of sp³-hybridized carbons (Fsp3) is 0.429. The van der Waals surface area contributed by atoms with Gasteiger partial charge in [0.2, 0.25) is 0 Å². The van der Waals surface area contributed by atoms with Gasteiger partial charge in [0.1, 0.15) is 5.65 Å². The van der Waals surface area contributed by atoms with Crippen LogP contribution in [0, 0.1) is 0 Å². The zero-order valence-electron chi connectivity index (χ0n) is 10.8. The van der Waals surface area contributed by atoms with Crippen LogP contribution in [0.15, 0.2) is 18.3 Å². The first kappa shape index (κ1) is 12.6. The zero-order chi connectivity index (χ0) is 13.1. The summed E-state index contributed by atoms with van der Waals surface area (Å²) in [7, 11) is 0. The number of aromatic nitrogens is 2. The third kappa shape index (κ3) is 2.10. The van der Waals surface area contributed by atoms with Crippen LogP contribution in [0.5, 0.6) is 0 Å². The van der Waals surface area contributed by atoms with Crippen LogP contribution in [0.3, 0.4) is 0 Å². The number of aromatic carboxylic acids is 1. The lowest BCUT2D eigenvalue weighted by atomic mass is 10.2. The summed E-state index contributed by atoms with van der Waals surface area (Å²) < 4.78 is 1.70. The molecule has 2 aromatic rings. The van der Waals surface area contributed by atoms with Gasteiger partial charge in [-0.1, -0.05) is 26.3 Å². The number of carboxylic acid groups (broad SMARTS) is 1. The highest BCUT2D eigenvalue weighted by Crippen LogP contribution is 2.18. The van der Waals surface area contributed by atoms with Crippen molar-refractivity contribution in [2.24, 2.45) is 0 Å². The minimum Gasteiger partial charge on any atom is -0.477 e. The molecule has 4 heteroatoms. The average molecular weight is 246 g/mol. The van der Waals surface area contributed by atoms with Crippen molar-refractivity contribution in [3.05, 3.63) is 35.3 Å². The predicted molar refractivity (Wildman–Crippen MR) is 70.1 cm³/mol. The summed E-state index contributed by atoms with van der Waals surface area (Å²) in [6.45, 7) is 4.14. The Hall–Kier alpha value is -1.84. The van der Waals surface area contributed by atoms with E-state index in [0.29, 0.717) is 11.4 Å². The molecule has 0 saturated carbocycles. The molecule has 0 fully saturated rings. The second kappa shape index (κ2) is 5.21. The largest absolute Gasteiger partial charge is 0.477 e. The number of fused-ring (bicyclic) bond motifs is 1. The molecular weight excluding hydrogens is 228 g/mol. The Labute approximate surface area is 106 Å². The number of carbonyl (C=O) groups is 1. The van der Waals surface area contributed by atoms with Gasteiger partial charge in [-0.3, -0.25) is 4.40 Å². The molecule has 0 saturated heterocycles. The first-order valence-electron chi connectivity index (χ1n) is 6.41. The lowest BCUT2D eigenvalue weighted by Crippen LogP contribution is -2.05. The van der Waals surface area contributed by atoms with Gasteiger partial charge in [0.05, 0.1) is 5.69 Å². The van der Waals surface area contributed by atoms with Crippen LogP contribution < -0.4 is 0 Å². The van der Waals surface area contributed by atoms with Crippen LogP contribution in [-0.2, 0) is 12.8 Å². The second-order valence-electron chi connectivity index (χ2n) is 4.40. The topological polar surface area (TPSA) is 54.6 Å². The van der Waals surface area contributed by atoms with Gasteiger partial charge in [-0.05, 0) is 30.9 Å². The lowest BCUT2D eigenvalue weighted by Gasteiger charge is -2.01. The zero-order valence-corrected chi connectivity index (χ0v) is 10.8. The highest BCUT2D eigenvalue weighted by Gasteiger charge is 2.18. The third-order valence-corrected chi connectivity index (χ3v) is 3.15. The third-order valence-electron chi connectivity index (χ3n) is 3.15. The highest BCUT2D eigenvalue weighted by molar-refractivity contribution is 5.88. The number of aryl methyl sites for hydroxylation is 2. The molecule has 0 unspecified atom stereocenters. The Balaban J connectivity index is 2.62.